The molecule has 0 spiro atoms. The van der Waals surface area contributed by atoms with Crippen molar-refractivity contribution < 1.29 is 0 Å². The lowest BCUT2D eigenvalue weighted by Gasteiger charge is -2.30. The highest BCUT2D eigenvalue weighted by atomic mass is 14.3. The van der Waals surface area contributed by atoms with E-state index < -0.39 is 0 Å². The summed E-state index contributed by atoms with van der Waals surface area (Å²) < 4.78 is 0. The molecule has 2 atom stereocenters. The molecule has 1 fully saturated rings. The highest BCUT2D eigenvalue weighted by Gasteiger charge is 2.23. The Morgan fingerprint density at radius 1 is 1.33 bits per heavy atom. The van der Waals surface area contributed by atoms with Crippen molar-refractivity contribution >= 4 is 0 Å². The predicted molar refractivity (Wildman–Crippen MR) is 41.1 cm³/mol. The van der Waals surface area contributed by atoms with E-state index in [1.54, 1.807) is 5.92 Å². The van der Waals surface area contributed by atoms with Crippen molar-refractivity contribution in [2.45, 2.75) is 40.0 Å². The van der Waals surface area contributed by atoms with Gasteiger partial charge in [-0.25, -0.2) is 0 Å². The first-order valence-corrected chi connectivity index (χ1v) is 4.04. The van der Waals surface area contributed by atoms with Crippen LogP contribution >= 0.6 is 0 Å². The van der Waals surface area contributed by atoms with Crippen molar-refractivity contribution in [3.05, 3.63) is 5.92 Å². The van der Waals surface area contributed by atoms with Crippen LogP contribution in [0.4, 0.5) is 0 Å². The normalized spacial score (nSPS) is 39.0. The Kier molecular flexibility index (Phi) is 2.15. The lowest BCUT2D eigenvalue weighted by Crippen LogP contribution is -2.19. The molecule has 0 aromatic heterocycles. The zero-order valence-corrected chi connectivity index (χ0v) is 6.78. The smallest absolute Gasteiger partial charge is 0.0241 e. The molecule has 1 aliphatic carbocycles. The third-order valence-electron chi connectivity index (χ3n) is 2.86. The Morgan fingerprint density at radius 3 is 2.44 bits per heavy atom. The molecule has 1 aliphatic rings. The minimum atomic E-state index is 0.888. The molecule has 0 heterocycles. The third kappa shape index (κ3) is 1.47. The van der Waals surface area contributed by atoms with E-state index in [4.69, 9.17) is 0 Å². The molecule has 0 aromatic carbocycles. The summed E-state index contributed by atoms with van der Waals surface area (Å²) in [6.45, 7) is 7.03. The van der Waals surface area contributed by atoms with Gasteiger partial charge in [-0.3, -0.25) is 0 Å². The Hall–Kier alpha value is 0. The standard InChI is InChI=1S/C9H17/c1-7-5-4-6-8(2)9(7)3/h7,9H,4-6H2,1-3H3. The minimum Gasteiger partial charge on any atom is -0.0622 e. The second-order valence-electron chi connectivity index (χ2n) is 3.50. The van der Waals surface area contributed by atoms with Crippen LogP contribution in [0.1, 0.15) is 40.0 Å². The van der Waals surface area contributed by atoms with E-state index >= 15 is 0 Å². The zero-order chi connectivity index (χ0) is 6.85. The molecule has 0 saturated heterocycles. The van der Waals surface area contributed by atoms with E-state index in [2.05, 4.69) is 20.8 Å². The first-order chi connectivity index (χ1) is 4.22. The molecule has 1 rings (SSSR count). The van der Waals surface area contributed by atoms with Crippen molar-refractivity contribution in [3.63, 3.8) is 0 Å². The zero-order valence-electron chi connectivity index (χ0n) is 6.78. The molecule has 9 heavy (non-hydrogen) atoms. The summed E-state index contributed by atoms with van der Waals surface area (Å²) in [6.07, 6.45) is 4.25. The molecular formula is C9H17. The second-order valence-corrected chi connectivity index (χ2v) is 3.50. The van der Waals surface area contributed by atoms with Crippen molar-refractivity contribution in [2.75, 3.05) is 0 Å². The molecule has 1 radical (unpaired) electrons. The van der Waals surface area contributed by atoms with Gasteiger partial charge in [0.2, 0.25) is 0 Å². The summed E-state index contributed by atoms with van der Waals surface area (Å²) in [5.41, 5.74) is 0. The van der Waals surface area contributed by atoms with E-state index in [0.29, 0.717) is 0 Å². The lowest BCUT2D eigenvalue weighted by molar-refractivity contribution is 0.308. The molecule has 0 nitrogen and oxygen atoms in total. The van der Waals surface area contributed by atoms with Gasteiger partial charge in [0, 0.05) is 0 Å². The number of rotatable bonds is 0. The van der Waals surface area contributed by atoms with Crippen LogP contribution in [0.25, 0.3) is 0 Å². The maximum absolute atomic E-state index is 2.37. The summed E-state index contributed by atoms with van der Waals surface area (Å²) in [5.74, 6) is 3.55. The van der Waals surface area contributed by atoms with Crippen LogP contribution in [0.3, 0.4) is 0 Å². The van der Waals surface area contributed by atoms with Crippen molar-refractivity contribution in [2.24, 2.45) is 11.8 Å². The third-order valence-corrected chi connectivity index (χ3v) is 2.86. The topological polar surface area (TPSA) is 0 Å². The van der Waals surface area contributed by atoms with Gasteiger partial charge in [0.05, 0.1) is 0 Å². The maximum Gasteiger partial charge on any atom is -0.0241 e. The van der Waals surface area contributed by atoms with Crippen molar-refractivity contribution in [1.82, 2.24) is 0 Å². The van der Waals surface area contributed by atoms with Crippen LogP contribution < -0.4 is 0 Å². The van der Waals surface area contributed by atoms with Gasteiger partial charge in [0.15, 0.2) is 0 Å². The Morgan fingerprint density at radius 2 is 2.00 bits per heavy atom. The van der Waals surface area contributed by atoms with Crippen LogP contribution in [0.2, 0.25) is 0 Å². The fourth-order valence-electron chi connectivity index (χ4n) is 1.67. The van der Waals surface area contributed by atoms with Crippen LogP contribution in [-0.2, 0) is 0 Å². The minimum absolute atomic E-state index is 0.888. The Labute approximate surface area is 58.7 Å². The average molecular weight is 125 g/mol. The van der Waals surface area contributed by atoms with E-state index in [1.807, 2.05) is 0 Å². The largest absolute Gasteiger partial charge is 0.0622 e. The fourth-order valence-corrected chi connectivity index (χ4v) is 1.67. The van der Waals surface area contributed by atoms with Crippen molar-refractivity contribution in [1.29, 1.82) is 0 Å². The highest BCUT2D eigenvalue weighted by molar-refractivity contribution is 4.95. The van der Waals surface area contributed by atoms with Gasteiger partial charge < -0.3 is 0 Å². The van der Waals surface area contributed by atoms with Gasteiger partial charge in [0.1, 0.15) is 0 Å². The van der Waals surface area contributed by atoms with Crippen LogP contribution in [0.5, 0.6) is 0 Å². The van der Waals surface area contributed by atoms with Gasteiger partial charge in [-0.05, 0) is 24.2 Å². The first kappa shape index (κ1) is 7.11. The summed E-state index contributed by atoms with van der Waals surface area (Å²) in [7, 11) is 0. The summed E-state index contributed by atoms with van der Waals surface area (Å²) in [5, 5.41) is 0. The van der Waals surface area contributed by atoms with E-state index in [-0.39, 0.29) is 0 Å². The molecule has 2 unspecified atom stereocenters. The molecule has 0 aliphatic heterocycles. The Bertz CT molecular complexity index is 76.0. The average Bonchev–Trinajstić information content (AvgIpc) is 1.83. The van der Waals surface area contributed by atoms with Crippen LogP contribution in [-0.4, -0.2) is 0 Å². The maximum atomic E-state index is 2.37. The predicted octanol–water partition coefficient (Wildman–Crippen LogP) is 3.04. The van der Waals surface area contributed by atoms with Crippen LogP contribution in [0, 0.1) is 17.8 Å². The molecular weight excluding hydrogens is 108 g/mol. The molecule has 1 saturated carbocycles. The molecule has 0 N–H and O–H groups in total. The van der Waals surface area contributed by atoms with Crippen LogP contribution in [0.15, 0.2) is 0 Å². The second kappa shape index (κ2) is 2.72. The lowest BCUT2D eigenvalue weighted by atomic mass is 9.75. The van der Waals surface area contributed by atoms with E-state index in [1.165, 1.54) is 19.3 Å². The SMILES string of the molecule is C[C]1CCCC(C)C1C. The van der Waals surface area contributed by atoms with Crippen molar-refractivity contribution in [3.8, 4) is 0 Å². The fraction of sp³-hybridized carbons (Fsp3) is 0.889. The molecule has 53 valence electrons. The highest BCUT2D eigenvalue weighted by Crippen LogP contribution is 2.34. The number of hydrogen-bond donors (Lipinski definition) is 0. The molecule has 0 bridgehead atoms. The first-order valence-electron chi connectivity index (χ1n) is 4.04. The molecule has 0 heteroatoms. The van der Waals surface area contributed by atoms with E-state index in [9.17, 15) is 0 Å². The van der Waals surface area contributed by atoms with E-state index in [0.717, 1.165) is 11.8 Å². The van der Waals surface area contributed by atoms with Gasteiger partial charge in [-0.15, -0.1) is 0 Å². The number of hydrogen-bond acceptors (Lipinski definition) is 0. The van der Waals surface area contributed by atoms with Gasteiger partial charge in [-0.1, -0.05) is 33.6 Å². The molecule has 0 amide bonds. The van der Waals surface area contributed by atoms with Gasteiger partial charge in [-0.2, -0.15) is 0 Å². The summed E-state index contributed by atoms with van der Waals surface area (Å²) >= 11 is 0. The monoisotopic (exact) mass is 125 g/mol. The molecule has 0 aromatic rings. The van der Waals surface area contributed by atoms with Gasteiger partial charge in [0.25, 0.3) is 0 Å². The van der Waals surface area contributed by atoms with Gasteiger partial charge >= 0.3 is 0 Å². The Balaban J connectivity index is 2.41. The summed E-state index contributed by atoms with van der Waals surface area (Å²) in [6, 6.07) is 0. The quantitative estimate of drug-likeness (QED) is 0.467. The summed E-state index contributed by atoms with van der Waals surface area (Å²) in [4.78, 5) is 0.